The highest BCUT2D eigenvalue weighted by Gasteiger charge is 2.05. The Balaban J connectivity index is 1.92. The Labute approximate surface area is 122 Å². The summed E-state index contributed by atoms with van der Waals surface area (Å²) < 4.78 is 0. The average Bonchev–Trinajstić information content (AvgIpc) is 2.48. The molecule has 0 unspecified atom stereocenters. The van der Waals surface area contributed by atoms with Crippen LogP contribution in [0.2, 0.25) is 0 Å². The molecule has 4 nitrogen and oxygen atoms in total. The van der Waals surface area contributed by atoms with Gasteiger partial charge in [0.25, 0.3) is 5.56 Å². The second kappa shape index (κ2) is 5.63. The van der Waals surface area contributed by atoms with E-state index in [1.807, 2.05) is 61.5 Å². The fourth-order valence-corrected chi connectivity index (χ4v) is 2.13. The number of hydrogen-bond acceptors (Lipinski definition) is 3. The summed E-state index contributed by atoms with van der Waals surface area (Å²) in [4.78, 5) is 19.2. The Bertz CT molecular complexity index is 810. The normalized spacial score (nSPS) is 10.3. The Kier molecular flexibility index (Phi) is 3.51. The Hall–Kier alpha value is -2.88. The molecule has 1 heterocycles. The van der Waals surface area contributed by atoms with Crippen LogP contribution in [0.3, 0.4) is 0 Å². The summed E-state index contributed by atoms with van der Waals surface area (Å²) in [6.07, 6.45) is 1.60. The minimum absolute atomic E-state index is 0.158. The Morgan fingerprint density at radius 1 is 1.05 bits per heavy atom. The Morgan fingerprint density at radius 3 is 2.57 bits per heavy atom. The van der Waals surface area contributed by atoms with Crippen molar-refractivity contribution in [1.82, 2.24) is 9.97 Å². The quantitative estimate of drug-likeness (QED) is 0.770. The van der Waals surface area contributed by atoms with Crippen LogP contribution in [-0.4, -0.2) is 9.97 Å². The zero-order valence-electron chi connectivity index (χ0n) is 11.6. The highest BCUT2D eigenvalue weighted by atomic mass is 16.1. The summed E-state index contributed by atoms with van der Waals surface area (Å²) in [5.74, 6) is 0.433. The van der Waals surface area contributed by atoms with Crippen LogP contribution in [0.4, 0.5) is 11.6 Å². The molecule has 0 aliphatic carbocycles. The minimum Gasteiger partial charge on any atom is -0.326 e. The molecule has 0 aliphatic rings. The van der Waals surface area contributed by atoms with E-state index in [0.717, 1.165) is 16.8 Å². The maximum atomic E-state index is 12.2. The highest BCUT2D eigenvalue weighted by molar-refractivity contribution is 5.63. The maximum Gasteiger partial charge on any atom is 0.260 e. The van der Waals surface area contributed by atoms with Crippen molar-refractivity contribution in [2.75, 3.05) is 5.32 Å². The predicted octanol–water partition coefficient (Wildman–Crippen LogP) is 3.49. The summed E-state index contributed by atoms with van der Waals surface area (Å²) in [5, 5.41) is 3.07. The van der Waals surface area contributed by atoms with Gasteiger partial charge < -0.3 is 5.32 Å². The van der Waals surface area contributed by atoms with Gasteiger partial charge in [0.15, 0.2) is 0 Å². The van der Waals surface area contributed by atoms with Crippen molar-refractivity contribution in [1.29, 1.82) is 0 Å². The summed E-state index contributed by atoms with van der Waals surface area (Å²) in [6, 6.07) is 17.4. The van der Waals surface area contributed by atoms with E-state index in [9.17, 15) is 4.79 Å². The summed E-state index contributed by atoms with van der Waals surface area (Å²) >= 11 is 0. The van der Waals surface area contributed by atoms with Gasteiger partial charge in [-0.15, -0.1) is 0 Å². The predicted molar refractivity (Wildman–Crippen MR) is 84.8 cm³/mol. The lowest BCUT2D eigenvalue weighted by Crippen LogP contribution is -2.12. The van der Waals surface area contributed by atoms with Crippen molar-refractivity contribution in [3.05, 3.63) is 76.7 Å². The average molecular weight is 277 g/mol. The van der Waals surface area contributed by atoms with Gasteiger partial charge in [0, 0.05) is 11.9 Å². The molecule has 0 saturated heterocycles. The highest BCUT2D eigenvalue weighted by Crippen LogP contribution is 2.17. The maximum absolute atomic E-state index is 12.2. The van der Waals surface area contributed by atoms with E-state index >= 15 is 0 Å². The number of hydrogen-bond donors (Lipinski definition) is 2. The van der Waals surface area contributed by atoms with E-state index in [0.29, 0.717) is 11.5 Å². The first-order chi connectivity index (χ1) is 10.2. The Morgan fingerprint density at radius 2 is 1.86 bits per heavy atom. The summed E-state index contributed by atoms with van der Waals surface area (Å²) in [7, 11) is 0. The van der Waals surface area contributed by atoms with E-state index in [1.165, 1.54) is 0 Å². The van der Waals surface area contributed by atoms with Gasteiger partial charge >= 0.3 is 0 Å². The van der Waals surface area contributed by atoms with Crippen molar-refractivity contribution >= 4 is 11.6 Å². The lowest BCUT2D eigenvalue weighted by Gasteiger charge is -2.06. The van der Waals surface area contributed by atoms with Crippen molar-refractivity contribution in [2.45, 2.75) is 6.92 Å². The second-order valence-electron chi connectivity index (χ2n) is 4.84. The molecule has 3 rings (SSSR count). The van der Waals surface area contributed by atoms with Crippen LogP contribution >= 0.6 is 0 Å². The van der Waals surface area contributed by atoms with Gasteiger partial charge in [0.05, 0.1) is 5.56 Å². The number of aryl methyl sites for hydroxylation is 1. The molecule has 0 saturated carbocycles. The molecule has 0 aliphatic heterocycles. The van der Waals surface area contributed by atoms with Crippen LogP contribution < -0.4 is 10.9 Å². The van der Waals surface area contributed by atoms with Gasteiger partial charge in [0.2, 0.25) is 5.95 Å². The summed E-state index contributed by atoms with van der Waals surface area (Å²) in [6.45, 7) is 2.00. The molecule has 2 N–H and O–H groups in total. The monoisotopic (exact) mass is 277 g/mol. The standard InChI is InChI=1S/C17H15N3O/c1-12-6-5-7-13(10-12)15-11-18-17(20-16(15)21)19-14-8-3-2-4-9-14/h2-11H,1H3,(H2,18,19,20,21). The molecule has 1 aromatic heterocycles. The molecule has 0 amide bonds. The van der Waals surface area contributed by atoms with E-state index < -0.39 is 0 Å². The van der Waals surface area contributed by atoms with Crippen LogP contribution in [0.25, 0.3) is 11.1 Å². The fourth-order valence-electron chi connectivity index (χ4n) is 2.13. The van der Waals surface area contributed by atoms with Crippen LogP contribution in [0.5, 0.6) is 0 Å². The van der Waals surface area contributed by atoms with Crippen LogP contribution in [0.15, 0.2) is 65.6 Å². The number of nitrogens with zero attached hydrogens (tertiary/aromatic N) is 1. The van der Waals surface area contributed by atoms with Gasteiger partial charge in [0.1, 0.15) is 0 Å². The van der Waals surface area contributed by atoms with Crippen molar-refractivity contribution < 1.29 is 0 Å². The third-order valence-electron chi connectivity index (χ3n) is 3.16. The molecular formula is C17H15N3O. The minimum atomic E-state index is -0.158. The van der Waals surface area contributed by atoms with Gasteiger partial charge in [-0.2, -0.15) is 0 Å². The molecule has 0 atom stereocenters. The second-order valence-corrected chi connectivity index (χ2v) is 4.84. The largest absolute Gasteiger partial charge is 0.326 e. The van der Waals surface area contributed by atoms with Crippen molar-refractivity contribution in [3.63, 3.8) is 0 Å². The molecule has 0 bridgehead atoms. The molecule has 21 heavy (non-hydrogen) atoms. The number of aromatic nitrogens is 2. The molecule has 2 aromatic carbocycles. The van der Waals surface area contributed by atoms with Crippen LogP contribution in [0.1, 0.15) is 5.56 Å². The van der Waals surface area contributed by atoms with Gasteiger partial charge in [-0.25, -0.2) is 4.98 Å². The van der Waals surface area contributed by atoms with E-state index in [4.69, 9.17) is 0 Å². The van der Waals surface area contributed by atoms with Gasteiger partial charge in [-0.3, -0.25) is 9.78 Å². The first-order valence-corrected chi connectivity index (χ1v) is 6.71. The van der Waals surface area contributed by atoms with Crippen molar-refractivity contribution in [3.8, 4) is 11.1 Å². The smallest absolute Gasteiger partial charge is 0.260 e. The molecule has 3 aromatic rings. The number of H-pyrrole nitrogens is 1. The molecule has 4 heteroatoms. The lowest BCUT2D eigenvalue weighted by atomic mass is 10.1. The summed E-state index contributed by atoms with van der Waals surface area (Å²) in [5.41, 5.74) is 3.27. The van der Waals surface area contributed by atoms with Crippen molar-refractivity contribution in [2.24, 2.45) is 0 Å². The van der Waals surface area contributed by atoms with Crippen LogP contribution in [-0.2, 0) is 0 Å². The molecular weight excluding hydrogens is 262 g/mol. The number of nitrogens with one attached hydrogen (secondary N) is 2. The number of para-hydroxylation sites is 1. The van der Waals surface area contributed by atoms with Gasteiger partial charge in [-0.05, 0) is 24.6 Å². The first kappa shape index (κ1) is 13.1. The third-order valence-corrected chi connectivity index (χ3v) is 3.16. The molecule has 0 spiro atoms. The fraction of sp³-hybridized carbons (Fsp3) is 0.0588. The SMILES string of the molecule is Cc1cccc(-c2cnc(Nc3ccccc3)[nH]c2=O)c1. The molecule has 0 fully saturated rings. The number of rotatable bonds is 3. The zero-order chi connectivity index (χ0) is 14.7. The van der Waals surface area contributed by atoms with Gasteiger partial charge in [-0.1, -0.05) is 48.0 Å². The lowest BCUT2D eigenvalue weighted by molar-refractivity contribution is 1.12. The molecule has 104 valence electrons. The van der Waals surface area contributed by atoms with E-state index in [1.54, 1.807) is 6.20 Å². The topological polar surface area (TPSA) is 57.8 Å². The third kappa shape index (κ3) is 3.00. The van der Waals surface area contributed by atoms with Crippen LogP contribution in [0, 0.1) is 6.92 Å². The first-order valence-electron chi connectivity index (χ1n) is 6.71. The van der Waals surface area contributed by atoms with E-state index in [-0.39, 0.29) is 5.56 Å². The zero-order valence-corrected chi connectivity index (χ0v) is 11.6. The number of benzene rings is 2. The number of anilines is 2. The van der Waals surface area contributed by atoms with E-state index in [2.05, 4.69) is 15.3 Å². The molecule has 0 radical (unpaired) electrons. The number of aromatic amines is 1.